The predicted molar refractivity (Wildman–Crippen MR) is 117 cm³/mol. The molecule has 0 radical (unpaired) electrons. The lowest BCUT2D eigenvalue weighted by atomic mass is 10.1. The number of aromatic amines is 1. The van der Waals surface area contributed by atoms with Crippen LogP contribution in [0.1, 0.15) is 21.5 Å². The van der Waals surface area contributed by atoms with E-state index in [-0.39, 0.29) is 5.91 Å². The molecule has 0 aliphatic carbocycles. The van der Waals surface area contributed by atoms with Gasteiger partial charge in [0, 0.05) is 19.2 Å². The summed E-state index contributed by atoms with van der Waals surface area (Å²) in [4.78, 5) is 20.8. The first kappa shape index (κ1) is 20.1. The highest BCUT2D eigenvalue weighted by molar-refractivity contribution is 5.93. The van der Waals surface area contributed by atoms with Crippen LogP contribution in [0.3, 0.4) is 0 Å². The molecule has 4 rings (SSSR count). The van der Waals surface area contributed by atoms with Gasteiger partial charge in [0.05, 0.1) is 18.8 Å². The molecule has 0 saturated carbocycles. The number of H-pyrrole nitrogens is 1. The molecule has 30 heavy (non-hydrogen) atoms. The summed E-state index contributed by atoms with van der Waals surface area (Å²) in [5, 5.41) is 0. The topological polar surface area (TPSA) is 46.9 Å². The van der Waals surface area contributed by atoms with E-state index < -0.39 is 0 Å². The fourth-order valence-corrected chi connectivity index (χ4v) is 3.70. The summed E-state index contributed by atoms with van der Waals surface area (Å²) in [5.41, 5.74) is 3.04. The summed E-state index contributed by atoms with van der Waals surface area (Å²) in [5.74, 6) is 1.06. The number of carbonyl (C=O) groups is 1. The van der Waals surface area contributed by atoms with Crippen molar-refractivity contribution in [1.82, 2.24) is 4.90 Å². The molecule has 0 unspecified atom stereocenters. The molecule has 5 heteroatoms. The fourth-order valence-electron chi connectivity index (χ4n) is 3.70. The predicted octanol–water partition coefficient (Wildman–Crippen LogP) is 3.22. The summed E-state index contributed by atoms with van der Waals surface area (Å²) >= 11 is 0. The van der Waals surface area contributed by atoms with Gasteiger partial charge in [0.15, 0.2) is 0 Å². The fraction of sp³-hybridized carbons (Fsp3) is 0.280. The van der Waals surface area contributed by atoms with Gasteiger partial charge in [-0.3, -0.25) is 9.69 Å². The summed E-state index contributed by atoms with van der Waals surface area (Å²) in [6.07, 6.45) is 2.66. The molecule has 1 aliphatic heterocycles. The second kappa shape index (κ2) is 10.0. The highest BCUT2D eigenvalue weighted by atomic mass is 16.5. The quantitative estimate of drug-likeness (QED) is 0.610. The SMILES string of the molecule is O=C(c1ccc(N2CCOCC2)[nH+]c1)N(CCc1ccccc1)Cc1ccccc1. The average molecular weight is 403 g/mol. The lowest BCUT2D eigenvalue weighted by Crippen LogP contribution is -2.39. The minimum atomic E-state index is 0.0413. The van der Waals surface area contributed by atoms with Gasteiger partial charge in [0.1, 0.15) is 19.3 Å². The molecule has 1 fully saturated rings. The maximum absolute atomic E-state index is 13.3. The Morgan fingerprint density at radius 2 is 1.57 bits per heavy atom. The van der Waals surface area contributed by atoms with Crippen molar-refractivity contribution in [2.75, 3.05) is 37.7 Å². The van der Waals surface area contributed by atoms with Crippen molar-refractivity contribution in [3.8, 4) is 0 Å². The molecule has 0 bridgehead atoms. The van der Waals surface area contributed by atoms with Crippen molar-refractivity contribution in [1.29, 1.82) is 0 Å². The van der Waals surface area contributed by atoms with E-state index >= 15 is 0 Å². The van der Waals surface area contributed by atoms with Crippen molar-refractivity contribution in [2.45, 2.75) is 13.0 Å². The first-order chi connectivity index (χ1) is 14.8. The Labute approximate surface area is 177 Å². The van der Waals surface area contributed by atoms with Gasteiger partial charge in [-0.05, 0) is 23.6 Å². The van der Waals surface area contributed by atoms with Crippen LogP contribution in [0.2, 0.25) is 0 Å². The Kier molecular flexibility index (Phi) is 6.72. The van der Waals surface area contributed by atoms with Crippen molar-refractivity contribution < 1.29 is 14.5 Å². The normalized spacial score (nSPS) is 13.8. The maximum atomic E-state index is 13.3. The van der Waals surface area contributed by atoms with Crippen LogP contribution < -0.4 is 9.88 Å². The Hall–Kier alpha value is -3.18. The summed E-state index contributed by atoms with van der Waals surface area (Å²) in [6.45, 7) is 4.46. The molecule has 154 valence electrons. The van der Waals surface area contributed by atoms with Gasteiger partial charge in [-0.15, -0.1) is 0 Å². The van der Waals surface area contributed by atoms with Gasteiger partial charge in [-0.2, -0.15) is 0 Å². The highest BCUT2D eigenvalue weighted by Gasteiger charge is 2.21. The van der Waals surface area contributed by atoms with Gasteiger partial charge in [-0.25, -0.2) is 4.98 Å². The molecule has 0 spiro atoms. The zero-order valence-electron chi connectivity index (χ0n) is 17.2. The van der Waals surface area contributed by atoms with Gasteiger partial charge >= 0.3 is 0 Å². The van der Waals surface area contributed by atoms with Crippen molar-refractivity contribution in [2.24, 2.45) is 0 Å². The number of nitrogens with one attached hydrogen (secondary N) is 1. The van der Waals surface area contributed by atoms with Gasteiger partial charge < -0.3 is 9.64 Å². The number of carbonyl (C=O) groups excluding carboxylic acids is 1. The molecule has 1 aliphatic rings. The van der Waals surface area contributed by atoms with E-state index in [1.54, 1.807) is 0 Å². The molecule has 1 N–H and O–H groups in total. The van der Waals surface area contributed by atoms with E-state index in [1.807, 2.05) is 59.6 Å². The lowest BCUT2D eigenvalue weighted by molar-refractivity contribution is -0.364. The van der Waals surface area contributed by atoms with Crippen molar-refractivity contribution in [3.05, 3.63) is 95.7 Å². The number of hydrogen-bond donors (Lipinski definition) is 0. The number of rotatable bonds is 7. The van der Waals surface area contributed by atoms with E-state index in [1.165, 1.54) is 5.56 Å². The number of ether oxygens (including phenoxy) is 1. The zero-order valence-corrected chi connectivity index (χ0v) is 17.2. The first-order valence-corrected chi connectivity index (χ1v) is 10.5. The highest BCUT2D eigenvalue weighted by Crippen LogP contribution is 2.14. The van der Waals surface area contributed by atoms with E-state index in [2.05, 4.69) is 34.1 Å². The third-order valence-corrected chi connectivity index (χ3v) is 5.41. The van der Waals surface area contributed by atoms with E-state index in [9.17, 15) is 4.79 Å². The second-order valence-electron chi connectivity index (χ2n) is 7.51. The minimum absolute atomic E-state index is 0.0413. The first-order valence-electron chi connectivity index (χ1n) is 10.5. The molecule has 1 aromatic heterocycles. The Bertz CT molecular complexity index is 924. The lowest BCUT2D eigenvalue weighted by Gasteiger charge is -2.24. The number of pyridine rings is 1. The van der Waals surface area contributed by atoms with Crippen LogP contribution >= 0.6 is 0 Å². The summed E-state index contributed by atoms with van der Waals surface area (Å²) in [6, 6.07) is 24.4. The second-order valence-corrected chi connectivity index (χ2v) is 7.51. The number of anilines is 1. The number of hydrogen-bond acceptors (Lipinski definition) is 3. The average Bonchev–Trinajstić information content (AvgIpc) is 2.83. The van der Waals surface area contributed by atoms with Crippen LogP contribution in [0.4, 0.5) is 5.82 Å². The number of amides is 1. The molecule has 1 amide bonds. The number of benzene rings is 2. The van der Waals surface area contributed by atoms with Crippen LogP contribution in [0, 0.1) is 0 Å². The largest absolute Gasteiger partial charge is 0.373 e. The molecule has 3 aromatic rings. The van der Waals surface area contributed by atoms with Gasteiger partial charge in [0.25, 0.3) is 11.7 Å². The van der Waals surface area contributed by atoms with Crippen LogP contribution in [0.25, 0.3) is 0 Å². The van der Waals surface area contributed by atoms with Crippen LogP contribution in [0.5, 0.6) is 0 Å². The number of aromatic nitrogens is 1. The monoisotopic (exact) mass is 402 g/mol. The van der Waals surface area contributed by atoms with E-state index in [0.717, 1.165) is 44.1 Å². The smallest absolute Gasteiger partial charge is 0.274 e. The van der Waals surface area contributed by atoms with E-state index in [0.29, 0.717) is 18.7 Å². The third kappa shape index (κ3) is 5.24. The molecule has 0 atom stereocenters. The van der Waals surface area contributed by atoms with Gasteiger partial charge in [-0.1, -0.05) is 60.7 Å². The number of morpholine rings is 1. The molecular formula is C25H28N3O2+. The molecule has 2 aromatic carbocycles. The van der Waals surface area contributed by atoms with Crippen LogP contribution in [-0.4, -0.2) is 43.7 Å². The summed E-state index contributed by atoms with van der Waals surface area (Å²) < 4.78 is 5.42. The zero-order chi connectivity index (χ0) is 20.6. The Morgan fingerprint density at radius 1 is 0.900 bits per heavy atom. The van der Waals surface area contributed by atoms with Crippen molar-refractivity contribution in [3.63, 3.8) is 0 Å². The molecule has 2 heterocycles. The van der Waals surface area contributed by atoms with Crippen LogP contribution in [0.15, 0.2) is 79.0 Å². The summed E-state index contributed by atoms with van der Waals surface area (Å²) in [7, 11) is 0. The van der Waals surface area contributed by atoms with Gasteiger partial charge in [0.2, 0.25) is 0 Å². The Balaban J connectivity index is 1.48. The van der Waals surface area contributed by atoms with E-state index in [4.69, 9.17) is 4.74 Å². The molecule has 5 nitrogen and oxygen atoms in total. The third-order valence-electron chi connectivity index (χ3n) is 5.41. The Morgan fingerprint density at radius 3 is 2.20 bits per heavy atom. The van der Waals surface area contributed by atoms with Crippen LogP contribution in [-0.2, 0) is 17.7 Å². The minimum Gasteiger partial charge on any atom is -0.373 e. The number of nitrogens with zero attached hydrogens (tertiary/aromatic N) is 2. The standard InChI is InChI=1S/C25H27N3O2/c29-25(23-11-12-24(26-19-23)27-15-17-30-18-16-27)28(20-22-9-5-2-6-10-22)14-13-21-7-3-1-4-8-21/h1-12,19H,13-18,20H2/p+1. The van der Waals surface area contributed by atoms with Crippen molar-refractivity contribution >= 4 is 11.7 Å². The maximum Gasteiger partial charge on any atom is 0.274 e. The molecular weight excluding hydrogens is 374 g/mol. The molecule has 1 saturated heterocycles.